The average Bonchev–Trinajstić information content (AvgIpc) is 3.34. The number of nitrogens with zero attached hydrogens (tertiary/aromatic N) is 4. The van der Waals surface area contributed by atoms with Gasteiger partial charge in [-0.15, -0.1) is 0 Å². The van der Waals surface area contributed by atoms with Crippen molar-refractivity contribution in [3.63, 3.8) is 0 Å². The molecular weight excluding hydrogens is 400 g/mol. The van der Waals surface area contributed by atoms with Gasteiger partial charge in [0.1, 0.15) is 0 Å². The fourth-order valence-electron chi connectivity index (χ4n) is 5.57. The Labute approximate surface area is 190 Å². The van der Waals surface area contributed by atoms with Crippen molar-refractivity contribution in [2.75, 3.05) is 46.3 Å². The van der Waals surface area contributed by atoms with Gasteiger partial charge in [0.2, 0.25) is 5.91 Å². The minimum atomic E-state index is 0.103. The summed E-state index contributed by atoms with van der Waals surface area (Å²) >= 11 is 0. The minimum absolute atomic E-state index is 0.103. The van der Waals surface area contributed by atoms with Crippen LogP contribution in [0, 0.1) is 5.92 Å². The van der Waals surface area contributed by atoms with Crippen LogP contribution < -0.4 is 0 Å². The summed E-state index contributed by atoms with van der Waals surface area (Å²) in [6.45, 7) is 4.85. The van der Waals surface area contributed by atoms with Gasteiger partial charge in [-0.25, -0.2) is 0 Å². The molecule has 1 aliphatic carbocycles. The average molecular weight is 435 g/mol. The lowest BCUT2D eigenvalue weighted by Crippen LogP contribution is -2.47. The Morgan fingerprint density at radius 1 is 0.906 bits per heavy atom. The van der Waals surface area contributed by atoms with Crippen LogP contribution in [-0.2, 0) is 4.79 Å². The van der Waals surface area contributed by atoms with E-state index >= 15 is 0 Å². The highest BCUT2D eigenvalue weighted by Gasteiger charge is 2.33. The molecule has 1 saturated carbocycles. The van der Waals surface area contributed by atoms with E-state index in [1.165, 1.54) is 19.3 Å². The molecule has 1 aromatic heterocycles. The maximum atomic E-state index is 13.5. The van der Waals surface area contributed by atoms with E-state index in [1.54, 1.807) is 0 Å². The summed E-state index contributed by atoms with van der Waals surface area (Å²) in [5, 5.41) is 0.924. The number of pyridine rings is 1. The number of benzene rings is 1. The lowest BCUT2D eigenvalue weighted by atomic mass is 9.88. The van der Waals surface area contributed by atoms with Crippen molar-refractivity contribution < 1.29 is 9.59 Å². The van der Waals surface area contributed by atoms with E-state index in [-0.39, 0.29) is 17.7 Å². The van der Waals surface area contributed by atoms with Gasteiger partial charge in [0, 0.05) is 62.2 Å². The third-order valence-corrected chi connectivity index (χ3v) is 7.63. The Balaban J connectivity index is 1.39. The smallest absolute Gasteiger partial charge is 0.254 e. The van der Waals surface area contributed by atoms with Gasteiger partial charge in [-0.05, 0) is 38.4 Å². The molecule has 2 amide bonds. The van der Waals surface area contributed by atoms with Crippen molar-refractivity contribution in [2.45, 2.75) is 44.4 Å². The zero-order valence-corrected chi connectivity index (χ0v) is 19.1. The molecule has 3 heterocycles. The van der Waals surface area contributed by atoms with Crippen LogP contribution >= 0.6 is 0 Å². The zero-order valence-electron chi connectivity index (χ0n) is 19.1. The first-order valence-corrected chi connectivity index (χ1v) is 12.3. The van der Waals surface area contributed by atoms with Crippen molar-refractivity contribution in [1.82, 2.24) is 19.7 Å². The molecule has 0 radical (unpaired) electrons. The number of amides is 2. The van der Waals surface area contributed by atoms with E-state index in [9.17, 15) is 9.59 Å². The molecule has 1 atom stereocenters. The van der Waals surface area contributed by atoms with Crippen LogP contribution in [0.2, 0.25) is 0 Å². The molecule has 5 rings (SSSR count). The Bertz CT molecular complexity index is 992. The van der Waals surface area contributed by atoms with Gasteiger partial charge in [0.05, 0.1) is 11.1 Å². The Hall–Kier alpha value is -2.47. The molecule has 170 valence electrons. The van der Waals surface area contributed by atoms with Gasteiger partial charge in [0.25, 0.3) is 5.91 Å². The third-order valence-electron chi connectivity index (χ3n) is 7.63. The summed E-state index contributed by atoms with van der Waals surface area (Å²) in [4.78, 5) is 37.8. The SMILES string of the molecule is CN1CCN(C(=O)c2cc([C@@H]3CCN(C(=O)C4CCCCC4)C3)nc3ccccc23)CC1. The maximum Gasteiger partial charge on any atom is 0.254 e. The number of rotatable bonds is 3. The molecule has 32 heavy (non-hydrogen) atoms. The highest BCUT2D eigenvalue weighted by molar-refractivity contribution is 6.06. The molecule has 0 bridgehead atoms. The second kappa shape index (κ2) is 9.18. The molecule has 0 spiro atoms. The number of para-hydroxylation sites is 1. The molecule has 6 nitrogen and oxygen atoms in total. The molecule has 2 aromatic rings. The fraction of sp³-hybridized carbons (Fsp3) is 0.577. The first-order valence-electron chi connectivity index (χ1n) is 12.3. The molecule has 2 saturated heterocycles. The normalized spacial score (nSPS) is 23.1. The van der Waals surface area contributed by atoms with E-state index in [0.717, 1.165) is 80.7 Å². The van der Waals surface area contributed by atoms with E-state index in [4.69, 9.17) is 4.98 Å². The maximum absolute atomic E-state index is 13.5. The van der Waals surface area contributed by atoms with Crippen molar-refractivity contribution in [3.05, 3.63) is 41.6 Å². The number of fused-ring (bicyclic) bond motifs is 1. The highest BCUT2D eigenvalue weighted by Crippen LogP contribution is 2.33. The van der Waals surface area contributed by atoms with Crippen LogP contribution in [0.5, 0.6) is 0 Å². The number of likely N-dealkylation sites (N-methyl/N-ethyl adjacent to an activating group) is 1. The molecule has 3 aliphatic rings. The van der Waals surface area contributed by atoms with Crippen molar-refractivity contribution in [3.8, 4) is 0 Å². The minimum Gasteiger partial charge on any atom is -0.342 e. The molecule has 1 aromatic carbocycles. The van der Waals surface area contributed by atoms with Crippen LogP contribution in [0.25, 0.3) is 10.9 Å². The summed E-state index contributed by atoms with van der Waals surface area (Å²) in [5.74, 6) is 0.848. The first kappa shape index (κ1) is 21.4. The molecule has 6 heteroatoms. The zero-order chi connectivity index (χ0) is 22.1. The largest absolute Gasteiger partial charge is 0.342 e. The van der Waals surface area contributed by atoms with Crippen LogP contribution in [0.1, 0.15) is 60.5 Å². The van der Waals surface area contributed by atoms with E-state index in [1.807, 2.05) is 35.2 Å². The number of piperazine rings is 1. The lowest BCUT2D eigenvalue weighted by molar-refractivity contribution is -0.135. The van der Waals surface area contributed by atoms with Crippen molar-refractivity contribution >= 4 is 22.7 Å². The number of carbonyl (C=O) groups excluding carboxylic acids is 2. The van der Waals surface area contributed by atoms with Gasteiger partial charge >= 0.3 is 0 Å². The van der Waals surface area contributed by atoms with Gasteiger partial charge in [-0.3, -0.25) is 14.6 Å². The van der Waals surface area contributed by atoms with Gasteiger partial charge in [0.15, 0.2) is 0 Å². The van der Waals surface area contributed by atoms with Crippen molar-refractivity contribution in [2.24, 2.45) is 5.92 Å². The predicted molar refractivity (Wildman–Crippen MR) is 126 cm³/mol. The second-order valence-corrected chi connectivity index (χ2v) is 9.81. The van der Waals surface area contributed by atoms with Crippen molar-refractivity contribution in [1.29, 1.82) is 0 Å². The Morgan fingerprint density at radius 3 is 2.44 bits per heavy atom. The number of hydrogen-bond acceptors (Lipinski definition) is 4. The predicted octanol–water partition coefficient (Wildman–Crippen LogP) is 3.52. The van der Waals surface area contributed by atoms with Gasteiger partial charge in [-0.2, -0.15) is 0 Å². The van der Waals surface area contributed by atoms with Crippen LogP contribution in [0.15, 0.2) is 30.3 Å². The second-order valence-electron chi connectivity index (χ2n) is 9.81. The number of likely N-dealkylation sites (tertiary alicyclic amines) is 1. The van der Waals surface area contributed by atoms with Crippen LogP contribution in [-0.4, -0.2) is 77.8 Å². The van der Waals surface area contributed by atoms with Gasteiger partial charge < -0.3 is 14.7 Å². The molecule has 0 unspecified atom stereocenters. The molecule has 2 aliphatic heterocycles. The molecule has 3 fully saturated rings. The third kappa shape index (κ3) is 4.25. The summed E-state index contributed by atoms with van der Waals surface area (Å²) < 4.78 is 0. The summed E-state index contributed by atoms with van der Waals surface area (Å²) in [5.41, 5.74) is 2.59. The number of aromatic nitrogens is 1. The highest BCUT2D eigenvalue weighted by atomic mass is 16.2. The van der Waals surface area contributed by atoms with E-state index in [0.29, 0.717) is 5.91 Å². The Kier molecular flexibility index (Phi) is 6.13. The molecule has 0 N–H and O–H groups in total. The summed E-state index contributed by atoms with van der Waals surface area (Å²) in [7, 11) is 2.10. The first-order chi connectivity index (χ1) is 15.6. The molecular formula is C26H34N4O2. The van der Waals surface area contributed by atoms with Gasteiger partial charge in [-0.1, -0.05) is 37.5 Å². The fourth-order valence-corrected chi connectivity index (χ4v) is 5.57. The van der Waals surface area contributed by atoms with Crippen LogP contribution in [0.3, 0.4) is 0 Å². The summed E-state index contributed by atoms with van der Waals surface area (Å²) in [6, 6.07) is 9.98. The topological polar surface area (TPSA) is 56.8 Å². The summed E-state index contributed by atoms with van der Waals surface area (Å²) in [6.07, 6.45) is 6.62. The lowest BCUT2D eigenvalue weighted by Gasteiger charge is -2.32. The monoisotopic (exact) mass is 434 g/mol. The van der Waals surface area contributed by atoms with E-state index in [2.05, 4.69) is 16.8 Å². The Morgan fingerprint density at radius 2 is 1.66 bits per heavy atom. The van der Waals surface area contributed by atoms with E-state index < -0.39 is 0 Å². The quantitative estimate of drug-likeness (QED) is 0.742. The standard InChI is InChI=1S/C26H34N4O2/c1-28-13-15-29(16-14-28)26(32)22-17-24(27-23-10-6-5-9-21(22)23)20-11-12-30(18-20)25(31)19-7-3-2-4-8-19/h5-6,9-10,17,19-20H,2-4,7-8,11-16,18H2,1H3/t20-/m1/s1. The number of hydrogen-bond donors (Lipinski definition) is 0. The van der Waals surface area contributed by atoms with Crippen LogP contribution in [0.4, 0.5) is 0 Å². The number of carbonyl (C=O) groups is 2.